The van der Waals surface area contributed by atoms with Gasteiger partial charge >= 0.3 is 0 Å². The fourth-order valence-corrected chi connectivity index (χ4v) is 3.67. The van der Waals surface area contributed by atoms with Crippen molar-refractivity contribution >= 4 is 16.8 Å². The van der Waals surface area contributed by atoms with Crippen LogP contribution in [-0.4, -0.2) is 31.7 Å². The van der Waals surface area contributed by atoms with Crippen LogP contribution >= 0.6 is 0 Å². The van der Waals surface area contributed by atoms with Crippen molar-refractivity contribution < 1.29 is 4.79 Å². The average molecular weight is 308 g/mol. The molecule has 118 valence electrons. The molecule has 1 fully saturated rings. The summed E-state index contributed by atoms with van der Waals surface area (Å²) >= 11 is 0. The number of hydrogen-bond donors (Lipinski definition) is 0. The number of rotatable bonds is 2. The molecule has 1 aromatic carbocycles. The molecular formula is C18H20N4O. The Bertz CT molecular complexity index is 876. The Morgan fingerprint density at radius 2 is 2.09 bits per heavy atom. The summed E-state index contributed by atoms with van der Waals surface area (Å²) in [7, 11) is 3.94. The molecule has 1 atom stereocenters. The van der Waals surface area contributed by atoms with Gasteiger partial charge in [0.05, 0.1) is 11.7 Å². The minimum atomic E-state index is 0.116. The molecule has 1 amide bonds. The molecule has 2 aromatic heterocycles. The zero-order chi connectivity index (χ0) is 16.0. The van der Waals surface area contributed by atoms with Crippen LogP contribution in [0.25, 0.3) is 10.9 Å². The van der Waals surface area contributed by atoms with Gasteiger partial charge in [0, 0.05) is 49.5 Å². The number of aryl methyl sites for hydroxylation is 2. The second-order valence-corrected chi connectivity index (χ2v) is 6.20. The molecular weight excluding hydrogens is 288 g/mol. The first-order valence-electron chi connectivity index (χ1n) is 8.00. The molecule has 0 aliphatic carbocycles. The maximum atomic E-state index is 13.2. The van der Waals surface area contributed by atoms with E-state index in [1.54, 1.807) is 6.20 Å². The van der Waals surface area contributed by atoms with E-state index in [0.29, 0.717) is 0 Å². The summed E-state index contributed by atoms with van der Waals surface area (Å²) in [4.78, 5) is 15.2. The lowest BCUT2D eigenvalue weighted by Crippen LogP contribution is -2.31. The number of amides is 1. The first-order chi connectivity index (χ1) is 11.2. The Hall–Kier alpha value is -2.56. The Morgan fingerprint density at radius 3 is 2.87 bits per heavy atom. The normalized spacial score (nSPS) is 18.0. The summed E-state index contributed by atoms with van der Waals surface area (Å²) in [6.45, 7) is 0.803. The molecule has 1 unspecified atom stereocenters. The van der Waals surface area contributed by atoms with E-state index in [2.05, 4.69) is 15.7 Å². The Kier molecular flexibility index (Phi) is 3.22. The number of nitrogens with zero attached hydrogens (tertiary/aromatic N) is 4. The van der Waals surface area contributed by atoms with Crippen LogP contribution in [0.5, 0.6) is 0 Å². The number of carbonyl (C=O) groups is 1. The largest absolute Gasteiger partial charge is 0.351 e. The fourth-order valence-electron chi connectivity index (χ4n) is 3.67. The van der Waals surface area contributed by atoms with Gasteiger partial charge in [0.15, 0.2) is 0 Å². The van der Waals surface area contributed by atoms with E-state index in [9.17, 15) is 4.79 Å². The Morgan fingerprint density at radius 1 is 1.22 bits per heavy atom. The third-order valence-corrected chi connectivity index (χ3v) is 4.87. The van der Waals surface area contributed by atoms with Crippen molar-refractivity contribution in [1.82, 2.24) is 19.2 Å². The van der Waals surface area contributed by atoms with Crippen LogP contribution in [0.2, 0.25) is 0 Å². The highest BCUT2D eigenvalue weighted by molar-refractivity contribution is 6.06. The maximum absolute atomic E-state index is 13.2. The van der Waals surface area contributed by atoms with E-state index in [4.69, 9.17) is 0 Å². The van der Waals surface area contributed by atoms with Crippen LogP contribution in [0.3, 0.4) is 0 Å². The van der Waals surface area contributed by atoms with Crippen LogP contribution in [0, 0.1) is 0 Å². The summed E-state index contributed by atoms with van der Waals surface area (Å²) in [6, 6.07) is 10.1. The van der Waals surface area contributed by atoms with E-state index in [-0.39, 0.29) is 11.9 Å². The summed E-state index contributed by atoms with van der Waals surface area (Å²) in [5.74, 6) is 0.116. The molecule has 0 radical (unpaired) electrons. The average Bonchev–Trinajstić information content (AvgIpc) is 3.26. The zero-order valence-corrected chi connectivity index (χ0v) is 13.4. The van der Waals surface area contributed by atoms with Gasteiger partial charge in [0.2, 0.25) is 0 Å². The predicted molar refractivity (Wildman–Crippen MR) is 89.1 cm³/mol. The van der Waals surface area contributed by atoms with Gasteiger partial charge < -0.3 is 9.47 Å². The Labute approximate surface area is 135 Å². The standard InChI is InChI=1S/C18H20N4O/c1-20-12-9-13-14(5-3-6-15(13)20)18(23)22-11-4-7-17(22)16-8-10-19-21(16)2/h3,5-6,8-10,12,17H,4,7,11H2,1-2H3. The molecule has 1 aliphatic heterocycles. The number of benzene rings is 1. The quantitative estimate of drug-likeness (QED) is 0.730. The number of hydrogen-bond acceptors (Lipinski definition) is 2. The van der Waals surface area contributed by atoms with Crippen LogP contribution in [0.1, 0.15) is 34.9 Å². The van der Waals surface area contributed by atoms with Gasteiger partial charge in [-0.2, -0.15) is 5.10 Å². The molecule has 0 N–H and O–H groups in total. The van der Waals surface area contributed by atoms with Gasteiger partial charge in [-0.05, 0) is 37.1 Å². The number of fused-ring (bicyclic) bond motifs is 1. The van der Waals surface area contributed by atoms with Crippen molar-refractivity contribution in [3.05, 3.63) is 54.0 Å². The van der Waals surface area contributed by atoms with Gasteiger partial charge in [-0.15, -0.1) is 0 Å². The van der Waals surface area contributed by atoms with Crippen LogP contribution < -0.4 is 0 Å². The number of carbonyl (C=O) groups excluding carboxylic acids is 1. The highest BCUT2D eigenvalue weighted by atomic mass is 16.2. The van der Waals surface area contributed by atoms with Gasteiger partial charge in [0.25, 0.3) is 5.91 Å². The molecule has 1 saturated heterocycles. The number of aromatic nitrogens is 3. The predicted octanol–water partition coefficient (Wildman–Crippen LogP) is 2.89. The zero-order valence-electron chi connectivity index (χ0n) is 13.4. The topological polar surface area (TPSA) is 43.1 Å². The molecule has 4 rings (SSSR count). The SMILES string of the molecule is Cn1nccc1C1CCCN1C(=O)c1cccc2c1ccn2C. The number of likely N-dealkylation sites (tertiary alicyclic amines) is 1. The lowest BCUT2D eigenvalue weighted by Gasteiger charge is -2.25. The molecule has 5 heteroatoms. The second-order valence-electron chi connectivity index (χ2n) is 6.20. The van der Waals surface area contributed by atoms with Crippen molar-refractivity contribution in [2.24, 2.45) is 14.1 Å². The molecule has 1 aliphatic rings. The van der Waals surface area contributed by atoms with Crippen LogP contribution in [0.15, 0.2) is 42.7 Å². The third kappa shape index (κ3) is 2.15. The van der Waals surface area contributed by atoms with Gasteiger partial charge in [-0.1, -0.05) is 6.07 Å². The highest BCUT2D eigenvalue weighted by Gasteiger charge is 2.32. The molecule has 0 saturated carbocycles. The van der Waals surface area contributed by atoms with Crippen molar-refractivity contribution in [2.75, 3.05) is 6.54 Å². The van der Waals surface area contributed by atoms with Crippen LogP contribution in [-0.2, 0) is 14.1 Å². The fraction of sp³-hybridized carbons (Fsp3) is 0.333. The molecule has 5 nitrogen and oxygen atoms in total. The first kappa shape index (κ1) is 14.1. The molecule has 3 aromatic rings. The van der Waals surface area contributed by atoms with E-state index >= 15 is 0 Å². The van der Waals surface area contributed by atoms with E-state index in [1.807, 2.05) is 54.1 Å². The van der Waals surface area contributed by atoms with E-state index in [1.165, 1.54) is 0 Å². The smallest absolute Gasteiger partial charge is 0.255 e. The molecule has 23 heavy (non-hydrogen) atoms. The molecule has 0 bridgehead atoms. The minimum Gasteiger partial charge on any atom is -0.351 e. The van der Waals surface area contributed by atoms with Crippen LogP contribution in [0.4, 0.5) is 0 Å². The first-order valence-corrected chi connectivity index (χ1v) is 8.00. The summed E-state index contributed by atoms with van der Waals surface area (Å²) < 4.78 is 3.92. The van der Waals surface area contributed by atoms with Crippen molar-refractivity contribution in [2.45, 2.75) is 18.9 Å². The third-order valence-electron chi connectivity index (χ3n) is 4.87. The maximum Gasteiger partial charge on any atom is 0.255 e. The molecule has 3 heterocycles. The monoisotopic (exact) mass is 308 g/mol. The molecule has 0 spiro atoms. The van der Waals surface area contributed by atoms with Crippen molar-refractivity contribution in [1.29, 1.82) is 0 Å². The Balaban J connectivity index is 1.74. The van der Waals surface area contributed by atoms with E-state index in [0.717, 1.165) is 41.5 Å². The van der Waals surface area contributed by atoms with E-state index < -0.39 is 0 Å². The summed E-state index contributed by atoms with van der Waals surface area (Å²) in [5.41, 5.74) is 2.99. The van der Waals surface area contributed by atoms with Crippen molar-refractivity contribution in [3.63, 3.8) is 0 Å². The second kappa shape index (κ2) is 5.26. The lowest BCUT2D eigenvalue weighted by molar-refractivity contribution is 0.0732. The summed E-state index contributed by atoms with van der Waals surface area (Å²) in [6.07, 6.45) is 5.83. The minimum absolute atomic E-state index is 0.116. The summed E-state index contributed by atoms with van der Waals surface area (Å²) in [5, 5.41) is 5.28. The van der Waals surface area contributed by atoms with Crippen molar-refractivity contribution in [3.8, 4) is 0 Å². The highest BCUT2D eigenvalue weighted by Crippen LogP contribution is 2.34. The van der Waals surface area contributed by atoms with Gasteiger partial charge in [0.1, 0.15) is 0 Å². The van der Waals surface area contributed by atoms with Gasteiger partial charge in [-0.3, -0.25) is 9.48 Å². The lowest BCUT2D eigenvalue weighted by atomic mass is 10.1. The van der Waals surface area contributed by atoms with Gasteiger partial charge in [-0.25, -0.2) is 0 Å².